The second-order valence-electron chi connectivity index (χ2n) is 6.81. The lowest BCUT2D eigenvalue weighted by Crippen LogP contribution is -2.43. The summed E-state index contributed by atoms with van der Waals surface area (Å²) in [5, 5.41) is 13.9. The van der Waals surface area contributed by atoms with Crippen LogP contribution >= 0.6 is 0 Å². The van der Waals surface area contributed by atoms with Gasteiger partial charge in [0, 0.05) is 31.4 Å². The molecule has 0 saturated carbocycles. The molecule has 1 saturated heterocycles. The standard InChI is InChI=1S/C19H23N3O5/c1-13(23)22(12-19(25)26)14-5-4-9-21(10-8-14)18(24)11-16-15-6-2-3-7-17(15)27-20-16/h2-3,6-7,14H,4-5,8-12H2,1H3,(H,25,26). The van der Waals surface area contributed by atoms with Gasteiger partial charge in [0.25, 0.3) is 0 Å². The highest BCUT2D eigenvalue weighted by atomic mass is 16.5. The van der Waals surface area contributed by atoms with Crippen LogP contribution in [0, 0.1) is 0 Å². The van der Waals surface area contributed by atoms with Crippen molar-refractivity contribution in [1.29, 1.82) is 0 Å². The average molecular weight is 373 g/mol. The van der Waals surface area contributed by atoms with E-state index in [1.165, 1.54) is 11.8 Å². The molecule has 2 amide bonds. The molecule has 27 heavy (non-hydrogen) atoms. The van der Waals surface area contributed by atoms with Gasteiger partial charge in [-0.2, -0.15) is 0 Å². The van der Waals surface area contributed by atoms with Crippen LogP contribution in [0.1, 0.15) is 31.9 Å². The van der Waals surface area contributed by atoms with Crippen LogP contribution < -0.4 is 0 Å². The number of hydrogen-bond acceptors (Lipinski definition) is 5. The minimum absolute atomic E-state index is 0.0395. The number of fused-ring (bicyclic) bond motifs is 1. The van der Waals surface area contributed by atoms with Gasteiger partial charge in [-0.25, -0.2) is 0 Å². The second-order valence-corrected chi connectivity index (χ2v) is 6.81. The minimum Gasteiger partial charge on any atom is -0.480 e. The zero-order chi connectivity index (χ0) is 19.4. The van der Waals surface area contributed by atoms with Gasteiger partial charge in [0.15, 0.2) is 5.58 Å². The molecule has 144 valence electrons. The number of amides is 2. The van der Waals surface area contributed by atoms with Crippen LogP contribution in [0.4, 0.5) is 0 Å². The maximum atomic E-state index is 12.7. The van der Waals surface area contributed by atoms with E-state index in [-0.39, 0.29) is 30.8 Å². The van der Waals surface area contributed by atoms with E-state index in [4.69, 9.17) is 9.63 Å². The van der Waals surface area contributed by atoms with Crippen molar-refractivity contribution in [3.63, 3.8) is 0 Å². The van der Waals surface area contributed by atoms with Crippen molar-refractivity contribution in [3.8, 4) is 0 Å². The van der Waals surface area contributed by atoms with Gasteiger partial charge >= 0.3 is 5.97 Å². The molecular formula is C19H23N3O5. The van der Waals surface area contributed by atoms with Crippen LogP contribution in [0.3, 0.4) is 0 Å². The largest absolute Gasteiger partial charge is 0.480 e. The summed E-state index contributed by atoms with van der Waals surface area (Å²) in [6.45, 7) is 2.15. The first-order valence-corrected chi connectivity index (χ1v) is 9.05. The Bertz CT molecular complexity index is 847. The fraction of sp³-hybridized carbons (Fsp3) is 0.474. The molecule has 1 atom stereocenters. The van der Waals surface area contributed by atoms with E-state index in [1.54, 1.807) is 4.90 Å². The number of hydrogen-bond donors (Lipinski definition) is 1. The Morgan fingerprint density at radius 3 is 2.78 bits per heavy atom. The Balaban J connectivity index is 1.64. The van der Waals surface area contributed by atoms with Crippen LogP contribution in [0.2, 0.25) is 0 Å². The number of carbonyl (C=O) groups excluding carboxylic acids is 2. The zero-order valence-corrected chi connectivity index (χ0v) is 15.3. The number of carboxylic acid groups (broad SMARTS) is 1. The second kappa shape index (κ2) is 8.20. The van der Waals surface area contributed by atoms with Gasteiger partial charge in [-0.1, -0.05) is 17.3 Å². The number of para-hydroxylation sites is 1. The Morgan fingerprint density at radius 1 is 1.26 bits per heavy atom. The molecule has 0 bridgehead atoms. The molecule has 1 aliphatic rings. The summed E-state index contributed by atoms with van der Waals surface area (Å²) in [6.07, 6.45) is 2.13. The van der Waals surface area contributed by atoms with Crippen molar-refractivity contribution >= 4 is 28.8 Å². The third kappa shape index (κ3) is 4.45. The number of rotatable bonds is 5. The number of likely N-dealkylation sites (tertiary alicyclic amines) is 1. The van der Waals surface area contributed by atoms with Crippen LogP contribution in [0.25, 0.3) is 11.0 Å². The van der Waals surface area contributed by atoms with Crippen molar-refractivity contribution in [1.82, 2.24) is 15.0 Å². The molecule has 8 heteroatoms. The minimum atomic E-state index is -1.03. The molecule has 1 aromatic heterocycles. The van der Waals surface area contributed by atoms with Crippen molar-refractivity contribution < 1.29 is 24.0 Å². The Kier molecular flexibility index (Phi) is 5.73. The number of carboxylic acids is 1. The van der Waals surface area contributed by atoms with Gasteiger partial charge in [-0.15, -0.1) is 0 Å². The van der Waals surface area contributed by atoms with Gasteiger partial charge in [0.2, 0.25) is 11.8 Å². The number of carbonyl (C=O) groups is 3. The Hall–Kier alpha value is -2.90. The molecule has 0 radical (unpaired) electrons. The van der Waals surface area contributed by atoms with E-state index in [0.29, 0.717) is 37.2 Å². The molecule has 1 aliphatic heterocycles. The van der Waals surface area contributed by atoms with Gasteiger partial charge < -0.3 is 19.4 Å². The van der Waals surface area contributed by atoms with E-state index < -0.39 is 5.97 Å². The first-order valence-electron chi connectivity index (χ1n) is 9.05. The van der Waals surface area contributed by atoms with E-state index in [1.807, 2.05) is 24.3 Å². The van der Waals surface area contributed by atoms with Crippen molar-refractivity contribution in [2.45, 2.75) is 38.6 Å². The molecule has 0 aliphatic carbocycles. The van der Waals surface area contributed by atoms with E-state index in [2.05, 4.69) is 5.16 Å². The van der Waals surface area contributed by atoms with Gasteiger partial charge in [0.1, 0.15) is 12.2 Å². The SMILES string of the molecule is CC(=O)N(CC(=O)O)C1CCCN(C(=O)Cc2noc3ccccc23)CC1. The lowest BCUT2D eigenvalue weighted by atomic mass is 10.1. The number of benzene rings is 1. The molecule has 0 spiro atoms. The van der Waals surface area contributed by atoms with Gasteiger partial charge in [-0.05, 0) is 31.4 Å². The summed E-state index contributed by atoms with van der Waals surface area (Å²) in [6, 6.07) is 7.26. The summed E-state index contributed by atoms with van der Waals surface area (Å²) in [4.78, 5) is 38.7. The first kappa shape index (κ1) is 18.9. The third-order valence-corrected chi connectivity index (χ3v) is 4.97. The van der Waals surface area contributed by atoms with Crippen molar-refractivity contribution in [2.24, 2.45) is 0 Å². The fourth-order valence-corrected chi connectivity index (χ4v) is 3.60. The van der Waals surface area contributed by atoms with E-state index in [0.717, 1.165) is 11.8 Å². The third-order valence-electron chi connectivity index (χ3n) is 4.97. The van der Waals surface area contributed by atoms with Crippen molar-refractivity contribution in [2.75, 3.05) is 19.6 Å². The summed E-state index contributed by atoms with van der Waals surface area (Å²) >= 11 is 0. The highest BCUT2D eigenvalue weighted by Crippen LogP contribution is 2.21. The highest BCUT2D eigenvalue weighted by Gasteiger charge is 2.28. The molecule has 1 unspecified atom stereocenters. The summed E-state index contributed by atoms with van der Waals surface area (Å²) in [5.74, 6) is -1.32. The smallest absolute Gasteiger partial charge is 0.323 e. The molecule has 2 heterocycles. The summed E-state index contributed by atoms with van der Waals surface area (Å²) in [7, 11) is 0. The topological polar surface area (TPSA) is 104 Å². The highest BCUT2D eigenvalue weighted by molar-refractivity contribution is 5.86. The predicted octanol–water partition coefficient (Wildman–Crippen LogP) is 1.68. The van der Waals surface area contributed by atoms with Gasteiger partial charge in [-0.3, -0.25) is 14.4 Å². The van der Waals surface area contributed by atoms with E-state index >= 15 is 0 Å². The maximum absolute atomic E-state index is 12.7. The molecular weight excluding hydrogens is 350 g/mol. The average Bonchev–Trinajstić information content (AvgIpc) is 2.87. The predicted molar refractivity (Wildman–Crippen MR) is 97.0 cm³/mol. The zero-order valence-electron chi connectivity index (χ0n) is 15.3. The van der Waals surface area contributed by atoms with Crippen LogP contribution in [-0.4, -0.2) is 63.5 Å². The van der Waals surface area contributed by atoms with E-state index in [9.17, 15) is 14.4 Å². The molecule has 3 rings (SSSR count). The molecule has 2 aromatic rings. The number of aliphatic carboxylic acids is 1. The Labute approximate surface area is 156 Å². The lowest BCUT2D eigenvalue weighted by Gasteiger charge is -2.28. The number of nitrogens with zero attached hydrogens (tertiary/aromatic N) is 3. The normalized spacial score (nSPS) is 17.5. The van der Waals surface area contributed by atoms with Crippen molar-refractivity contribution in [3.05, 3.63) is 30.0 Å². The molecule has 1 fully saturated rings. The lowest BCUT2D eigenvalue weighted by molar-refractivity contribution is -0.145. The fourth-order valence-electron chi connectivity index (χ4n) is 3.60. The summed E-state index contributed by atoms with van der Waals surface area (Å²) in [5.41, 5.74) is 1.27. The van der Waals surface area contributed by atoms with Crippen LogP contribution in [0.5, 0.6) is 0 Å². The molecule has 1 aromatic carbocycles. The first-order chi connectivity index (χ1) is 13.0. The quantitative estimate of drug-likeness (QED) is 0.855. The van der Waals surface area contributed by atoms with Gasteiger partial charge in [0.05, 0.1) is 6.42 Å². The van der Waals surface area contributed by atoms with Crippen LogP contribution in [0.15, 0.2) is 28.8 Å². The summed E-state index contributed by atoms with van der Waals surface area (Å²) < 4.78 is 5.25. The Morgan fingerprint density at radius 2 is 2.04 bits per heavy atom. The number of aromatic nitrogens is 1. The molecule has 8 nitrogen and oxygen atoms in total. The monoisotopic (exact) mass is 373 g/mol. The molecule has 1 N–H and O–H groups in total. The van der Waals surface area contributed by atoms with Crippen LogP contribution in [-0.2, 0) is 20.8 Å². The maximum Gasteiger partial charge on any atom is 0.323 e.